The molecule has 2 aromatic carbocycles. The van der Waals surface area contributed by atoms with Crippen LogP contribution < -0.4 is 4.90 Å². The Bertz CT molecular complexity index is 956. The van der Waals surface area contributed by atoms with Gasteiger partial charge in [0.15, 0.2) is 5.17 Å². The van der Waals surface area contributed by atoms with Crippen molar-refractivity contribution in [3.8, 4) is 0 Å². The summed E-state index contributed by atoms with van der Waals surface area (Å²) in [5.74, 6) is -1.34. The number of nitrogens with zero attached hydrogens (tertiary/aromatic N) is 3. The molecule has 6 nitrogen and oxygen atoms in total. The number of hydrogen-bond acceptors (Lipinski definition) is 5. The van der Waals surface area contributed by atoms with Crippen molar-refractivity contribution in [3.05, 3.63) is 64.7 Å². The molecule has 0 spiro atoms. The minimum Gasteiger partial charge on any atom is -0.481 e. The van der Waals surface area contributed by atoms with Crippen LogP contribution in [0.25, 0.3) is 0 Å². The third kappa shape index (κ3) is 4.61. The molecule has 0 radical (unpaired) electrons. The van der Waals surface area contributed by atoms with Gasteiger partial charge in [0.05, 0.1) is 17.8 Å². The van der Waals surface area contributed by atoms with Crippen molar-refractivity contribution >= 4 is 51.8 Å². The summed E-state index contributed by atoms with van der Waals surface area (Å²) in [4.78, 5) is 25.3. The highest BCUT2D eigenvalue weighted by molar-refractivity contribution is 8.16. The molecule has 1 heterocycles. The quantitative estimate of drug-likeness (QED) is 0.581. The molecule has 1 amide bonds. The minimum atomic E-state index is -1.03. The van der Waals surface area contributed by atoms with E-state index in [-0.39, 0.29) is 12.3 Å². The number of rotatable bonds is 5. The first-order valence-electron chi connectivity index (χ1n) is 8.52. The second-order valence-corrected chi connectivity index (χ2v) is 7.89. The van der Waals surface area contributed by atoms with E-state index in [0.29, 0.717) is 21.6 Å². The SMILES string of the molecule is C/C(=N\N=C1\S[C@@H](CC(=O)O)C(=O)N1c1ccc(C)cc1)c1ccc(Cl)cc1. The molecule has 0 saturated carbocycles. The zero-order valence-electron chi connectivity index (χ0n) is 15.3. The monoisotopic (exact) mass is 415 g/mol. The first-order chi connectivity index (χ1) is 13.3. The predicted molar refractivity (Wildman–Crippen MR) is 113 cm³/mol. The lowest BCUT2D eigenvalue weighted by atomic mass is 10.1. The summed E-state index contributed by atoms with van der Waals surface area (Å²) in [6, 6.07) is 14.6. The fourth-order valence-electron chi connectivity index (χ4n) is 2.62. The van der Waals surface area contributed by atoms with E-state index in [0.717, 1.165) is 22.9 Å². The molecular formula is C20H18ClN3O3S. The van der Waals surface area contributed by atoms with Gasteiger partial charge in [-0.2, -0.15) is 5.10 Å². The summed E-state index contributed by atoms with van der Waals surface area (Å²) in [6.45, 7) is 3.76. The number of anilines is 1. The summed E-state index contributed by atoms with van der Waals surface area (Å²) in [6.07, 6.45) is -0.273. The van der Waals surface area contributed by atoms with E-state index < -0.39 is 11.2 Å². The number of amidine groups is 1. The molecule has 0 aliphatic carbocycles. The predicted octanol–water partition coefficient (Wildman–Crippen LogP) is 4.35. The summed E-state index contributed by atoms with van der Waals surface area (Å²) in [5.41, 5.74) is 3.20. The first-order valence-corrected chi connectivity index (χ1v) is 9.78. The van der Waals surface area contributed by atoms with Gasteiger partial charge in [0.1, 0.15) is 5.25 Å². The van der Waals surface area contributed by atoms with Crippen LogP contribution in [-0.2, 0) is 9.59 Å². The molecule has 1 aliphatic rings. The van der Waals surface area contributed by atoms with Crippen molar-refractivity contribution in [3.63, 3.8) is 0 Å². The Morgan fingerprint density at radius 1 is 1.18 bits per heavy atom. The summed E-state index contributed by atoms with van der Waals surface area (Å²) < 4.78 is 0. The lowest BCUT2D eigenvalue weighted by Crippen LogP contribution is -2.32. The number of aliphatic carboxylic acids is 1. The summed E-state index contributed by atoms with van der Waals surface area (Å²) in [5, 5.41) is 17.9. The van der Waals surface area contributed by atoms with Crippen molar-refractivity contribution < 1.29 is 14.7 Å². The fourth-order valence-corrected chi connectivity index (χ4v) is 3.82. The van der Waals surface area contributed by atoms with E-state index >= 15 is 0 Å². The Balaban J connectivity index is 1.94. The molecule has 1 N–H and O–H groups in total. The van der Waals surface area contributed by atoms with Crippen molar-refractivity contribution in [2.24, 2.45) is 10.2 Å². The minimum absolute atomic E-state index is 0.273. The Labute approximate surface area is 171 Å². The molecule has 1 aliphatic heterocycles. The van der Waals surface area contributed by atoms with Crippen LogP contribution in [0.4, 0.5) is 5.69 Å². The maximum atomic E-state index is 12.8. The third-order valence-electron chi connectivity index (χ3n) is 4.13. The van der Waals surface area contributed by atoms with Gasteiger partial charge in [-0.15, -0.1) is 5.10 Å². The molecule has 0 bridgehead atoms. The zero-order valence-corrected chi connectivity index (χ0v) is 16.9. The maximum Gasteiger partial charge on any atom is 0.305 e. The number of hydrogen-bond donors (Lipinski definition) is 1. The highest BCUT2D eigenvalue weighted by Crippen LogP contribution is 2.34. The Kier molecular flexibility index (Phi) is 6.16. The number of carboxylic acids is 1. The van der Waals surface area contributed by atoms with Gasteiger partial charge in [0, 0.05) is 5.02 Å². The van der Waals surface area contributed by atoms with Gasteiger partial charge in [-0.3, -0.25) is 14.5 Å². The molecular weight excluding hydrogens is 398 g/mol. The third-order valence-corrected chi connectivity index (χ3v) is 5.51. The molecule has 0 unspecified atom stereocenters. The van der Waals surface area contributed by atoms with Crippen LogP contribution in [0.1, 0.15) is 24.5 Å². The summed E-state index contributed by atoms with van der Waals surface area (Å²) >= 11 is 7.02. The number of aryl methyl sites for hydroxylation is 1. The molecule has 1 saturated heterocycles. The van der Waals surface area contributed by atoms with E-state index in [2.05, 4.69) is 10.2 Å². The number of thioether (sulfide) groups is 1. The van der Waals surface area contributed by atoms with Gasteiger partial charge >= 0.3 is 5.97 Å². The topological polar surface area (TPSA) is 82.3 Å². The van der Waals surface area contributed by atoms with E-state index in [1.165, 1.54) is 4.90 Å². The van der Waals surface area contributed by atoms with E-state index in [4.69, 9.17) is 16.7 Å². The largest absolute Gasteiger partial charge is 0.481 e. The van der Waals surface area contributed by atoms with Crippen LogP contribution in [0.2, 0.25) is 5.02 Å². The number of carbonyl (C=O) groups excluding carboxylic acids is 1. The maximum absolute atomic E-state index is 12.8. The van der Waals surface area contributed by atoms with Crippen LogP contribution in [0.15, 0.2) is 58.7 Å². The second kappa shape index (κ2) is 8.58. The molecule has 1 atom stereocenters. The number of benzene rings is 2. The number of halogens is 1. The molecule has 2 aromatic rings. The average molecular weight is 416 g/mol. The normalized spacial score (nSPS) is 18.8. The van der Waals surface area contributed by atoms with E-state index in [9.17, 15) is 9.59 Å². The van der Waals surface area contributed by atoms with Crippen LogP contribution >= 0.6 is 23.4 Å². The Morgan fingerprint density at radius 2 is 1.82 bits per heavy atom. The van der Waals surface area contributed by atoms with Crippen molar-refractivity contribution in [2.75, 3.05) is 4.90 Å². The van der Waals surface area contributed by atoms with E-state index in [1.807, 2.05) is 43.3 Å². The number of amides is 1. The highest BCUT2D eigenvalue weighted by Gasteiger charge is 2.40. The van der Waals surface area contributed by atoms with Crippen molar-refractivity contribution in [2.45, 2.75) is 25.5 Å². The summed E-state index contributed by atoms with van der Waals surface area (Å²) in [7, 11) is 0. The Hall–Kier alpha value is -2.64. The standard InChI is InChI=1S/C20H18ClN3O3S/c1-12-3-9-16(10-4-12)24-19(27)17(11-18(25)26)28-20(24)23-22-13(2)14-5-7-15(21)8-6-14/h3-10,17H,11H2,1-2H3,(H,25,26)/b22-13+,23-20+/t17-/m0/s1. The Morgan fingerprint density at radius 3 is 2.43 bits per heavy atom. The lowest BCUT2D eigenvalue weighted by Gasteiger charge is -2.16. The van der Waals surface area contributed by atoms with Gasteiger partial charge in [0.25, 0.3) is 0 Å². The van der Waals surface area contributed by atoms with Gasteiger partial charge in [-0.1, -0.05) is 53.2 Å². The zero-order chi connectivity index (χ0) is 20.3. The van der Waals surface area contributed by atoms with Crippen LogP contribution in [0.5, 0.6) is 0 Å². The number of carbonyl (C=O) groups is 2. The average Bonchev–Trinajstić information content (AvgIpc) is 2.96. The van der Waals surface area contributed by atoms with Crippen LogP contribution in [-0.4, -0.2) is 33.1 Å². The lowest BCUT2D eigenvalue weighted by molar-refractivity contribution is -0.138. The van der Waals surface area contributed by atoms with E-state index in [1.54, 1.807) is 19.1 Å². The number of carboxylic acid groups (broad SMARTS) is 1. The molecule has 1 fully saturated rings. The van der Waals surface area contributed by atoms with Crippen molar-refractivity contribution in [1.29, 1.82) is 0 Å². The van der Waals surface area contributed by atoms with Gasteiger partial charge in [-0.05, 0) is 43.7 Å². The fraction of sp³-hybridized carbons (Fsp3) is 0.200. The molecule has 28 heavy (non-hydrogen) atoms. The highest BCUT2D eigenvalue weighted by atomic mass is 35.5. The molecule has 3 rings (SSSR count). The second-order valence-electron chi connectivity index (χ2n) is 6.29. The van der Waals surface area contributed by atoms with Gasteiger partial charge < -0.3 is 5.11 Å². The smallest absolute Gasteiger partial charge is 0.305 e. The van der Waals surface area contributed by atoms with Crippen LogP contribution in [0.3, 0.4) is 0 Å². The van der Waals surface area contributed by atoms with Crippen molar-refractivity contribution in [1.82, 2.24) is 0 Å². The molecule has 8 heteroatoms. The van der Waals surface area contributed by atoms with Crippen LogP contribution in [0, 0.1) is 6.92 Å². The van der Waals surface area contributed by atoms with Gasteiger partial charge in [-0.25, -0.2) is 0 Å². The molecule has 144 valence electrons. The molecule has 0 aromatic heterocycles. The first kappa shape index (κ1) is 20.1. The van der Waals surface area contributed by atoms with Gasteiger partial charge in [0.2, 0.25) is 5.91 Å².